The average molecular weight is 1540 g/mol. The molecule has 0 saturated heterocycles. The Hall–Kier alpha value is -11.0. The molecule has 578 valence electrons. The van der Waals surface area contributed by atoms with E-state index < -0.39 is 0 Å². The second-order valence-corrected chi connectivity index (χ2v) is 32.3. The Morgan fingerprint density at radius 1 is 0.454 bits per heavy atom. The third kappa shape index (κ3) is 26.5. The summed E-state index contributed by atoms with van der Waals surface area (Å²) in [5.41, 5.74) is 21.1. The minimum Gasteiger partial charge on any atom is -0.394 e. The minimum atomic E-state index is -0.178. The first-order valence-corrected chi connectivity index (χ1v) is 36.4. The largest absolute Gasteiger partial charge is 0.394 e. The number of hydrogen-bond acceptors (Lipinski definition) is 19. The number of pyridine rings is 3. The summed E-state index contributed by atoms with van der Waals surface area (Å²) in [5, 5.41) is 26.6. The van der Waals surface area contributed by atoms with Crippen LogP contribution in [0.3, 0.4) is 0 Å². The average Bonchev–Trinajstić information content (AvgIpc) is 0.833. The van der Waals surface area contributed by atoms with Gasteiger partial charge in [0.05, 0.1) is 39.0 Å². The maximum absolute atomic E-state index is 12.0. The molecule has 0 aliphatic carbocycles. The lowest BCUT2D eigenvalue weighted by Gasteiger charge is -2.30. The normalized spacial score (nSPS) is 11.0. The molecule has 8 rings (SSSR count). The van der Waals surface area contributed by atoms with Crippen LogP contribution in [0.2, 0.25) is 0 Å². The van der Waals surface area contributed by atoms with Crippen LogP contribution in [-0.4, -0.2) is 137 Å². The van der Waals surface area contributed by atoms with E-state index in [4.69, 9.17) is 12.2 Å². The van der Waals surface area contributed by atoms with Crippen LogP contribution in [0, 0.1) is 61.7 Å². The highest BCUT2D eigenvalue weighted by atomic mass is 79.9. The molecule has 8 aromatic rings. The molecule has 0 saturated carbocycles. The number of carbonyl (C=O) groups is 5. The van der Waals surface area contributed by atoms with Crippen molar-refractivity contribution in [3.63, 3.8) is 0 Å². The van der Waals surface area contributed by atoms with E-state index in [1.807, 2.05) is 108 Å². The second-order valence-electron chi connectivity index (χ2n) is 31.5. The standard InChI is InChI=1S/C22H31N5O2.C21H27N5O.C20H27BrN4O.C20H29N5O/c1-14-8-9-16(21(29)23-6)12-17(14)26-20-19(25-15(2)28)18(10-11-24-20)27(7)13-22(3,4)5;1-8-15-12-23-20(25-18(15)26(7)13-21(3,4)5)24-17-11-16(19(27)22-6)10-9-14(17)2;2*1-13-7-8-14(19(26)22-5)11-15(13)24-18-17(21)16(9-10-23-18)25(6)12-20(2,3)4/h8-12H,13H2,1-7H3,(H,23,29)(H,24,26)(H,25,28);1,9-12H,13H2,2-7H3,(H,22,27)(H,23,24,25);7-11H,12H2,1-6H3,(H,22,26)(H,23,24);7-11H,12,21H2,1-6H3,(H,22,26)(H,23,24). The Bertz CT molecular complexity index is 4370. The monoisotopic (exact) mass is 1540 g/mol. The van der Waals surface area contributed by atoms with Gasteiger partial charge in [0.15, 0.2) is 11.6 Å². The third-order valence-corrected chi connectivity index (χ3v) is 17.1. The molecule has 4 aromatic carbocycles. The second kappa shape index (κ2) is 38.5. The first-order valence-electron chi connectivity index (χ1n) is 35.6. The summed E-state index contributed by atoms with van der Waals surface area (Å²) in [4.78, 5) is 90.3. The number of amides is 5. The fourth-order valence-corrected chi connectivity index (χ4v) is 12.2. The molecule has 0 fully saturated rings. The fraction of sp³-hybridized carbons (Fsp3) is 0.398. The van der Waals surface area contributed by atoms with Gasteiger partial charge in [-0.3, -0.25) is 24.0 Å². The number of nitrogens with zero attached hydrogens (tertiary/aromatic N) is 9. The summed E-state index contributed by atoms with van der Waals surface area (Å²) in [6, 6.07) is 27.8. The predicted octanol–water partition coefficient (Wildman–Crippen LogP) is 15.6. The van der Waals surface area contributed by atoms with E-state index in [2.05, 4.69) is 199 Å². The summed E-state index contributed by atoms with van der Waals surface area (Å²) >= 11 is 3.69. The van der Waals surface area contributed by atoms with Crippen LogP contribution in [0.25, 0.3) is 0 Å². The minimum absolute atomic E-state index is 0.0809. The van der Waals surface area contributed by atoms with Crippen LogP contribution >= 0.6 is 15.9 Å². The van der Waals surface area contributed by atoms with Gasteiger partial charge >= 0.3 is 0 Å². The van der Waals surface area contributed by atoms with Crippen LogP contribution in [0.15, 0.2) is 120 Å². The van der Waals surface area contributed by atoms with Crippen LogP contribution < -0.4 is 73.2 Å². The van der Waals surface area contributed by atoms with Crippen LogP contribution in [0.1, 0.15) is 159 Å². The van der Waals surface area contributed by atoms with Crippen molar-refractivity contribution >= 4 is 126 Å². The summed E-state index contributed by atoms with van der Waals surface area (Å²) < 4.78 is 0.900. The third-order valence-electron chi connectivity index (χ3n) is 16.3. The van der Waals surface area contributed by atoms with Gasteiger partial charge < -0.3 is 73.2 Å². The van der Waals surface area contributed by atoms with E-state index in [1.54, 1.807) is 89.4 Å². The van der Waals surface area contributed by atoms with Crippen LogP contribution in [-0.2, 0) is 4.79 Å². The SMILES string of the molecule is C#Cc1cnc(Nc2cc(C(=O)NC)ccc2C)nc1N(C)CC(C)(C)C.CNC(=O)c1ccc(C)c(Nc2nccc(N(C)CC(C)(C)C)c2Br)c1.CNC(=O)c1ccc(C)c(Nc2nccc(N(C)CC(C)(C)C)c2N)c1.CNC(=O)c1ccc(C)c(Nc2nccc(N(C)CC(C)(C)C)c2NC(C)=O)c1. The molecule has 24 nitrogen and oxygen atoms in total. The number of nitrogen functional groups attached to an aromatic ring is 1. The van der Waals surface area contributed by atoms with E-state index in [-0.39, 0.29) is 51.2 Å². The zero-order chi connectivity index (χ0) is 80.9. The van der Waals surface area contributed by atoms with E-state index in [9.17, 15) is 24.0 Å². The lowest BCUT2D eigenvalue weighted by atomic mass is 9.96. The number of carbonyl (C=O) groups excluding carboxylic acids is 5. The lowest BCUT2D eigenvalue weighted by Crippen LogP contribution is -2.30. The molecule has 0 aliphatic heterocycles. The molecule has 0 spiro atoms. The van der Waals surface area contributed by atoms with E-state index in [0.717, 1.165) is 98.5 Å². The van der Waals surface area contributed by atoms with Crippen LogP contribution in [0.4, 0.5) is 80.4 Å². The van der Waals surface area contributed by atoms with Crippen molar-refractivity contribution in [3.8, 4) is 12.3 Å². The van der Waals surface area contributed by atoms with E-state index in [0.29, 0.717) is 62.6 Å². The van der Waals surface area contributed by atoms with Crippen molar-refractivity contribution in [1.29, 1.82) is 0 Å². The van der Waals surface area contributed by atoms with Gasteiger partial charge in [0, 0.05) is 153 Å². The number of anilines is 14. The van der Waals surface area contributed by atoms with Gasteiger partial charge in [0.2, 0.25) is 11.9 Å². The Balaban J connectivity index is 0.000000258. The Morgan fingerprint density at radius 2 is 0.778 bits per heavy atom. The number of rotatable bonds is 21. The molecule has 108 heavy (non-hydrogen) atoms. The summed E-state index contributed by atoms with van der Waals surface area (Å²) in [5.74, 6) is 4.88. The number of nitrogens with two attached hydrogens (primary N) is 1. The van der Waals surface area contributed by atoms with Crippen molar-refractivity contribution < 1.29 is 24.0 Å². The number of halogens is 1. The van der Waals surface area contributed by atoms with Crippen molar-refractivity contribution in [3.05, 3.63) is 170 Å². The van der Waals surface area contributed by atoms with Gasteiger partial charge in [0.1, 0.15) is 17.3 Å². The van der Waals surface area contributed by atoms with Gasteiger partial charge in [-0.2, -0.15) is 4.98 Å². The highest BCUT2D eigenvalue weighted by Gasteiger charge is 2.24. The van der Waals surface area contributed by atoms with E-state index in [1.165, 1.54) is 6.92 Å². The number of benzene rings is 4. The molecule has 5 amide bonds. The molecule has 4 aromatic heterocycles. The molecular weight excluding hydrogens is 1420 g/mol. The summed E-state index contributed by atoms with van der Waals surface area (Å²) in [7, 11) is 14.5. The maximum atomic E-state index is 12.0. The molecule has 11 N–H and O–H groups in total. The highest BCUT2D eigenvalue weighted by Crippen LogP contribution is 2.38. The van der Waals surface area contributed by atoms with Gasteiger partial charge in [0.25, 0.3) is 23.6 Å². The van der Waals surface area contributed by atoms with Crippen LogP contribution in [0.5, 0.6) is 0 Å². The molecule has 0 aliphatic rings. The Kier molecular flexibility index (Phi) is 31.2. The Labute approximate surface area is 649 Å². The molecular formula is C83H114BrN19O5. The molecule has 4 heterocycles. The Morgan fingerprint density at radius 3 is 1.16 bits per heavy atom. The first-order chi connectivity index (χ1) is 50.4. The van der Waals surface area contributed by atoms with Crippen molar-refractivity contribution in [2.45, 2.75) is 118 Å². The smallest absolute Gasteiger partial charge is 0.251 e. The quantitative estimate of drug-likeness (QED) is 0.0299. The zero-order valence-electron chi connectivity index (χ0n) is 67.9. The molecule has 0 radical (unpaired) electrons. The van der Waals surface area contributed by atoms with Gasteiger partial charge in [-0.25, -0.2) is 19.9 Å². The summed E-state index contributed by atoms with van der Waals surface area (Å²) in [6.45, 7) is 38.9. The highest BCUT2D eigenvalue weighted by molar-refractivity contribution is 9.10. The zero-order valence-corrected chi connectivity index (χ0v) is 69.5. The molecule has 0 atom stereocenters. The van der Waals surface area contributed by atoms with Crippen molar-refractivity contribution in [1.82, 2.24) is 46.2 Å². The number of aromatic nitrogens is 5. The summed E-state index contributed by atoms with van der Waals surface area (Å²) in [6.07, 6.45) is 12.5. The topological polar surface area (TPSA) is 297 Å². The molecule has 25 heteroatoms. The molecule has 0 unspecified atom stereocenters. The van der Waals surface area contributed by atoms with Crippen molar-refractivity contribution in [2.75, 3.05) is 134 Å². The first kappa shape index (κ1) is 87.6. The van der Waals surface area contributed by atoms with Gasteiger partial charge in [-0.1, -0.05) is 113 Å². The van der Waals surface area contributed by atoms with Crippen molar-refractivity contribution in [2.24, 2.45) is 21.7 Å². The molecule has 0 bridgehead atoms. The number of terminal acetylenes is 1. The van der Waals surface area contributed by atoms with Gasteiger partial charge in [-0.15, -0.1) is 6.42 Å². The lowest BCUT2D eigenvalue weighted by molar-refractivity contribution is -0.114. The van der Waals surface area contributed by atoms with E-state index >= 15 is 0 Å². The number of hydrogen-bond donors (Lipinski definition) is 10. The maximum Gasteiger partial charge on any atom is 0.251 e. The fourth-order valence-electron chi connectivity index (χ4n) is 11.5. The predicted molar refractivity (Wildman–Crippen MR) is 451 cm³/mol. The number of aryl methyl sites for hydroxylation is 4. The number of nitrogens with one attached hydrogen (secondary N) is 9. The van der Waals surface area contributed by atoms with Gasteiger partial charge in [-0.05, 0) is 154 Å².